The Morgan fingerprint density at radius 1 is 1.03 bits per heavy atom. The molecule has 1 aliphatic heterocycles. The number of benzene rings is 2. The third-order valence-corrected chi connectivity index (χ3v) is 5.48. The van der Waals surface area contributed by atoms with Crippen molar-refractivity contribution in [3.63, 3.8) is 0 Å². The number of alkyl halides is 3. The number of nitrogens with zero attached hydrogens (tertiary/aromatic N) is 2. The second-order valence-corrected chi connectivity index (χ2v) is 8.94. The predicted molar refractivity (Wildman–Crippen MR) is 116 cm³/mol. The van der Waals surface area contributed by atoms with Crippen molar-refractivity contribution in [3.05, 3.63) is 70.6 Å². The largest absolute Gasteiger partial charge is 0.417 e. The highest BCUT2D eigenvalue weighted by molar-refractivity contribution is 5.60. The highest BCUT2D eigenvalue weighted by Crippen LogP contribution is 2.35. The van der Waals surface area contributed by atoms with Gasteiger partial charge in [0.05, 0.1) is 11.6 Å². The standard InChI is InChI=1S/C25H24F3N3O/c1-24(2,3)19-12-7-16(8-13-19)6-9-17-10-11-18(15-20(17)25(26,27)28)22-30-23(32-31-22)21-5-4-14-29-21/h7-8,10-13,15,21,29H,4-5,14H2,1-3H3/t21-/m0/s1. The predicted octanol–water partition coefficient (Wildman–Crippen LogP) is 5.88. The Kier molecular flexibility index (Phi) is 5.83. The SMILES string of the molecule is CC(C)(C)c1ccc(C#Cc2ccc(-c3noc([C@@H]4CCCN4)n3)cc2C(F)(F)F)cc1. The molecule has 0 bridgehead atoms. The maximum Gasteiger partial charge on any atom is 0.417 e. The summed E-state index contributed by atoms with van der Waals surface area (Å²) in [5, 5.41) is 7.11. The van der Waals surface area contributed by atoms with Gasteiger partial charge in [-0.2, -0.15) is 18.2 Å². The molecule has 1 fully saturated rings. The van der Waals surface area contributed by atoms with Gasteiger partial charge in [0, 0.05) is 16.7 Å². The molecule has 4 rings (SSSR count). The molecule has 0 spiro atoms. The lowest BCUT2D eigenvalue weighted by Gasteiger charge is -2.18. The van der Waals surface area contributed by atoms with Gasteiger partial charge in [0.15, 0.2) is 0 Å². The van der Waals surface area contributed by atoms with Crippen LogP contribution in [0.1, 0.15) is 67.8 Å². The average molecular weight is 439 g/mol. The van der Waals surface area contributed by atoms with E-state index in [1.165, 1.54) is 6.07 Å². The summed E-state index contributed by atoms with van der Waals surface area (Å²) in [4.78, 5) is 4.29. The fourth-order valence-corrected chi connectivity index (χ4v) is 3.61. The van der Waals surface area contributed by atoms with E-state index in [2.05, 4.69) is 48.1 Å². The first-order valence-electron chi connectivity index (χ1n) is 10.5. The van der Waals surface area contributed by atoms with Crippen LogP contribution >= 0.6 is 0 Å². The van der Waals surface area contributed by atoms with E-state index in [0.29, 0.717) is 11.5 Å². The smallest absolute Gasteiger partial charge is 0.337 e. The van der Waals surface area contributed by atoms with E-state index in [4.69, 9.17) is 4.52 Å². The number of hydrogen-bond acceptors (Lipinski definition) is 4. The number of nitrogens with one attached hydrogen (secondary N) is 1. The van der Waals surface area contributed by atoms with Crippen LogP contribution in [0, 0.1) is 11.8 Å². The molecule has 32 heavy (non-hydrogen) atoms. The van der Waals surface area contributed by atoms with Gasteiger partial charge in [-0.05, 0) is 60.7 Å². The minimum Gasteiger partial charge on any atom is -0.337 e. The van der Waals surface area contributed by atoms with Gasteiger partial charge in [0.25, 0.3) is 0 Å². The van der Waals surface area contributed by atoms with Crippen molar-refractivity contribution in [1.82, 2.24) is 15.5 Å². The van der Waals surface area contributed by atoms with Crippen LogP contribution in [-0.2, 0) is 11.6 Å². The molecule has 3 aromatic rings. The summed E-state index contributed by atoms with van der Waals surface area (Å²) in [6.07, 6.45) is -2.71. The fraction of sp³-hybridized carbons (Fsp3) is 0.360. The lowest BCUT2D eigenvalue weighted by atomic mass is 9.87. The summed E-state index contributed by atoms with van der Waals surface area (Å²) in [6, 6.07) is 11.4. The van der Waals surface area contributed by atoms with Crippen LogP contribution in [0.5, 0.6) is 0 Å². The summed E-state index contributed by atoms with van der Waals surface area (Å²) in [5.41, 5.74) is 1.11. The maximum atomic E-state index is 13.8. The van der Waals surface area contributed by atoms with Gasteiger partial charge < -0.3 is 9.84 Å². The zero-order valence-corrected chi connectivity index (χ0v) is 18.2. The van der Waals surface area contributed by atoms with Gasteiger partial charge in [-0.3, -0.25) is 0 Å². The first kappa shape index (κ1) is 22.1. The topological polar surface area (TPSA) is 51.0 Å². The molecule has 0 radical (unpaired) electrons. The zero-order valence-electron chi connectivity index (χ0n) is 18.2. The minimum atomic E-state index is -4.56. The van der Waals surface area contributed by atoms with Gasteiger partial charge in [-0.25, -0.2) is 0 Å². The molecule has 0 unspecified atom stereocenters. The summed E-state index contributed by atoms with van der Waals surface area (Å²) < 4.78 is 46.6. The van der Waals surface area contributed by atoms with E-state index in [-0.39, 0.29) is 28.4 Å². The third-order valence-electron chi connectivity index (χ3n) is 5.48. The number of halogens is 3. The van der Waals surface area contributed by atoms with E-state index in [9.17, 15) is 13.2 Å². The Bertz CT molecular complexity index is 1160. The molecule has 1 aliphatic rings. The molecule has 0 amide bonds. The molecule has 166 valence electrons. The second kappa shape index (κ2) is 8.44. The normalized spacial score (nSPS) is 16.6. The molecule has 4 nitrogen and oxygen atoms in total. The van der Waals surface area contributed by atoms with Crippen LogP contribution in [0.15, 0.2) is 47.0 Å². The van der Waals surface area contributed by atoms with Crippen molar-refractivity contribution < 1.29 is 17.7 Å². The van der Waals surface area contributed by atoms with E-state index in [1.807, 2.05) is 24.3 Å². The molecule has 1 aromatic heterocycles. The molecule has 2 heterocycles. The summed E-state index contributed by atoms with van der Waals surface area (Å²) in [5.74, 6) is 6.06. The van der Waals surface area contributed by atoms with Crippen LogP contribution in [0.2, 0.25) is 0 Å². The Hall–Kier alpha value is -3.11. The van der Waals surface area contributed by atoms with Crippen LogP contribution < -0.4 is 5.32 Å². The summed E-state index contributed by atoms with van der Waals surface area (Å²) in [7, 11) is 0. The van der Waals surface area contributed by atoms with Crippen molar-refractivity contribution in [2.75, 3.05) is 6.54 Å². The Morgan fingerprint density at radius 2 is 1.78 bits per heavy atom. The fourth-order valence-electron chi connectivity index (χ4n) is 3.61. The first-order chi connectivity index (χ1) is 15.1. The van der Waals surface area contributed by atoms with Crippen molar-refractivity contribution >= 4 is 0 Å². The molecule has 1 saturated heterocycles. The Labute approximate surface area is 185 Å². The lowest BCUT2D eigenvalue weighted by molar-refractivity contribution is -0.137. The van der Waals surface area contributed by atoms with Crippen LogP contribution in [0.4, 0.5) is 13.2 Å². The average Bonchev–Trinajstić information content (AvgIpc) is 3.43. The van der Waals surface area contributed by atoms with Crippen molar-refractivity contribution in [3.8, 4) is 23.2 Å². The van der Waals surface area contributed by atoms with Gasteiger partial charge in [0.2, 0.25) is 11.7 Å². The van der Waals surface area contributed by atoms with Gasteiger partial charge in [-0.15, -0.1) is 0 Å². The quantitative estimate of drug-likeness (QED) is 0.507. The maximum absolute atomic E-state index is 13.8. The molecule has 0 saturated carbocycles. The lowest BCUT2D eigenvalue weighted by Crippen LogP contribution is -2.13. The van der Waals surface area contributed by atoms with Crippen LogP contribution in [-0.4, -0.2) is 16.7 Å². The van der Waals surface area contributed by atoms with E-state index in [0.717, 1.165) is 31.0 Å². The van der Waals surface area contributed by atoms with E-state index < -0.39 is 11.7 Å². The molecule has 1 N–H and O–H groups in total. The Morgan fingerprint density at radius 3 is 2.41 bits per heavy atom. The summed E-state index contributed by atoms with van der Waals surface area (Å²) >= 11 is 0. The molecule has 1 atom stereocenters. The number of hydrogen-bond donors (Lipinski definition) is 1. The summed E-state index contributed by atoms with van der Waals surface area (Å²) in [6.45, 7) is 7.15. The van der Waals surface area contributed by atoms with E-state index >= 15 is 0 Å². The Balaban J connectivity index is 1.64. The zero-order chi connectivity index (χ0) is 22.9. The minimum absolute atomic E-state index is 0.00586. The highest BCUT2D eigenvalue weighted by Gasteiger charge is 2.34. The number of rotatable bonds is 2. The molecular weight excluding hydrogens is 415 g/mol. The van der Waals surface area contributed by atoms with Crippen LogP contribution in [0.25, 0.3) is 11.4 Å². The van der Waals surface area contributed by atoms with Gasteiger partial charge in [-0.1, -0.05) is 49.9 Å². The highest BCUT2D eigenvalue weighted by atomic mass is 19.4. The van der Waals surface area contributed by atoms with Crippen molar-refractivity contribution in [2.45, 2.75) is 51.2 Å². The van der Waals surface area contributed by atoms with Crippen molar-refractivity contribution in [2.24, 2.45) is 0 Å². The van der Waals surface area contributed by atoms with E-state index in [1.54, 1.807) is 6.07 Å². The number of aromatic nitrogens is 2. The monoisotopic (exact) mass is 439 g/mol. The third kappa shape index (κ3) is 4.86. The molecule has 2 aromatic carbocycles. The molecular formula is C25H24F3N3O. The van der Waals surface area contributed by atoms with Gasteiger partial charge in [0.1, 0.15) is 0 Å². The second-order valence-electron chi connectivity index (χ2n) is 8.94. The van der Waals surface area contributed by atoms with Crippen LogP contribution in [0.3, 0.4) is 0 Å². The molecule has 0 aliphatic carbocycles. The molecule has 7 heteroatoms. The van der Waals surface area contributed by atoms with Gasteiger partial charge >= 0.3 is 6.18 Å². The van der Waals surface area contributed by atoms with Crippen molar-refractivity contribution in [1.29, 1.82) is 0 Å². The first-order valence-corrected chi connectivity index (χ1v) is 10.5.